The van der Waals surface area contributed by atoms with E-state index < -0.39 is 0 Å². The smallest absolute Gasteiger partial charge is 0.212 e. The maximum absolute atomic E-state index is 5.89. The highest BCUT2D eigenvalue weighted by Crippen LogP contribution is 2.19. The van der Waals surface area contributed by atoms with Gasteiger partial charge in [-0.25, -0.2) is 4.98 Å². The van der Waals surface area contributed by atoms with Crippen molar-refractivity contribution in [3.63, 3.8) is 0 Å². The molecule has 0 fully saturated rings. The summed E-state index contributed by atoms with van der Waals surface area (Å²) in [5, 5.41) is 6.49. The summed E-state index contributed by atoms with van der Waals surface area (Å²) in [6.45, 7) is 3.21. The van der Waals surface area contributed by atoms with Crippen LogP contribution in [0.25, 0.3) is 0 Å². The minimum atomic E-state index is -0.0386. The maximum Gasteiger partial charge on any atom is 0.212 e. The second-order valence-electron chi connectivity index (χ2n) is 5.62. The Morgan fingerprint density at radius 1 is 1.11 bits per heavy atom. The van der Waals surface area contributed by atoms with E-state index in [1.165, 1.54) is 0 Å². The summed E-state index contributed by atoms with van der Waals surface area (Å²) in [5.41, 5.74) is 1.04. The Kier molecular flexibility index (Phi) is 10.3. The summed E-state index contributed by atoms with van der Waals surface area (Å²) in [6, 6.07) is 11.3. The zero-order chi connectivity index (χ0) is 18.8. The number of nitrogens with zero attached hydrogens (tertiary/aromatic N) is 2. The van der Waals surface area contributed by atoms with Crippen LogP contribution in [0, 0.1) is 0 Å². The van der Waals surface area contributed by atoms with Gasteiger partial charge < -0.3 is 24.8 Å². The quantitative estimate of drug-likeness (QED) is 0.340. The van der Waals surface area contributed by atoms with Crippen LogP contribution in [0.1, 0.15) is 12.5 Å². The van der Waals surface area contributed by atoms with E-state index in [4.69, 9.17) is 14.2 Å². The molecule has 0 radical (unpaired) electrons. The molecule has 2 N–H and O–H groups in total. The molecule has 1 unspecified atom stereocenters. The molecule has 1 aromatic carbocycles. The number of guanidine groups is 1. The van der Waals surface area contributed by atoms with E-state index in [1.54, 1.807) is 27.5 Å². The van der Waals surface area contributed by atoms with Gasteiger partial charge in [-0.1, -0.05) is 12.1 Å². The lowest BCUT2D eigenvalue weighted by Crippen LogP contribution is -2.41. The molecule has 8 heteroatoms. The third-order valence-electron chi connectivity index (χ3n) is 3.63. The van der Waals surface area contributed by atoms with Crippen LogP contribution in [-0.2, 0) is 6.54 Å². The number of ether oxygens (including phenoxy) is 3. The Morgan fingerprint density at radius 3 is 2.52 bits per heavy atom. The Bertz CT molecular complexity index is 710. The van der Waals surface area contributed by atoms with E-state index in [1.807, 2.05) is 43.3 Å². The van der Waals surface area contributed by atoms with Crippen LogP contribution in [0.15, 0.2) is 47.6 Å². The number of hydrogen-bond acceptors (Lipinski definition) is 5. The van der Waals surface area contributed by atoms with Crippen LogP contribution in [0.2, 0.25) is 0 Å². The van der Waals surface area contributed by atoms with Crippen molar-refractivity contribution < 1.29 is 14.2 Å². The SMILES string of the molecule is CN=C(NCc1ccc(OC)nc1)NCC(C)Oc1cccc(OC)c1.I. The van der Waals surface area contributed by atoms with Gasteiger partial charge in [-0.15, -0.1) is 24.0 Å². The Balaban J connectivity index is 0.00000364. The van der Waals surface area contributed by atoms with Gasteiger partial charge in [0.1, 0.15) is 17.6 Å². The highest BCUT2D eigenvalue weighted by Gasteiger charge is 2.07. The normalized spacial score (nSPS) is 11.8. The third-order valence-corrected chi connectivity index (χ3v) is 3.63. The number of aliphatic imine (C=N–C) groups is 1. The third kappa shape index (κ3) is 7.90. The molecule has 0 aliphatic carbocycles. The fourth-order valence-corrected chi connectivity index (χ4v) is 2.23. The molecular formula is C19H27IN4O3. The molecule has 1 aromatic heterocycles. The monoisotopic (exact) mass is 486 g/mol. The molecule has 7 nitrogen and oxygen atoms in total. The topological polar surface area (TPSA) is 77.0 Å². The fourth-order valence-electron chi connectivity index (χ4n) is 2.23. The average molecular weight is 486 g/mol. The lowest BCUT2D eigenvalue weighted by molar-refractivity contribution is 0.223. The number of halogens is 1. The zero-order valence-corrected chi connectivity index (χ0v) is 18.4. The average Bonchev–Trinajstić information content (AvgIpc) is 2.68. The molecule has 148 valence electrons. The van der Waals surface area contributed by atoms with Gasteiger partial charge in [0.25, 0.3) is 0 Å². The number of benzene rings is 1. The van der Waals surface area contributed by atoms with Gasteiger partial charge in [-0.2, -0.15) is 0 Å². The highest BCUT2D eigenvalue weighted by molar-refractivity contribution is 14.0. The number of pyridine rings is 1. The molecule has 2 rings (SSSR count). The van der Waals surface area contributed by atoms with Crippen LogP contribution < -0.4 is 24.8 Å². The van der Waals surface area contributed by atoms with Crippen LogP contribution in [0.5, 0.6) is 17.4 Å². The van der Waals surface area contributed by atoms with Crippen LogP contribution in [0.4, 0.5) is 0 Å². The molecule has 0 spiro atoms. The summed E-state index contributed by atoms with van der Waals surface area (Å²) < 4.78 is 16.1. The van der Waals surface area contributed by atoms with Crippen molar-refractivity contribution in [2.45, 2.75) is 19.6 Å². The molecular weight excluding hydrogens is 459 g/mol. The summed E-state index contributed by atoms with van der Waals surface area (Å²) in [4.78, 5) is 8.40. The first kappa shape index (κ1) is 22.8. The molecule has 0 aliphatic heterocycles. The van der Waals surface area contributed by atoms with Gasteiger partial charge in [0.15, 0.2) is 5.96 Å². The van der Waals surface area contributed by atoms with E-state index in [0.717, 1.165) is 17.1 Å². The number of aromatic nitrogens is 1. The van der Waals surface area contributed by atoms with Crippen molar-refractivity contribution in [1.82, 2.24) is 15.6 Å². The van der Waals surface area contributed by atoms with Crippen LogP contribution in [0.3, 0.4) is 0 Å². The Labute approximate surface area is 177 Å². The predicted octanol–water partition coefficient (Wildman–Crippen LogP) is 2.85. The van der Waals surface area contributed by atoms with E-state index >= 15 is 0 Å². The van der Waals surface area contributed by atoms with Gasteiger partial charge in [-0.05, 0) is 24.6 Å². The molecule has 0 amide bonds. The second-order valence-corrected chi connectivity index (χ2v) is 5.62. The van der Waals surface area contributed by atoms with Gasteiger partial charge in [0, 0.05) is 31.9 Å². The van der Waals surface area contributed by atoms with Crippen molar-refractivity contribution in [1.29, 1.82) is 0 Å². The van der Waals surface area contributed by atoms with E-state index in [9.17, 15) is 0 Å². The number of rotatable bonds is 8. The van der Waals surface area contributed by atoms with Gasteiger partial charge in [0.05, 0.1) is 20.8 Å². The minimum absolute atomic E-state index is 0. The lowest BCUT2D eigenvalue weighted by Gasteiger charge is -2.18. The number of hydrogen-bond donors (Lipinski definition) is 2. The highest BCUT2D eigenvalue weighted by atomic mass is 127. The van der Waals surface area contributed by atoms with E-state index in [-0.39, 0.29) is 30.1 Å². The molecule has 1 atom stereocenters. The summed E-state index contributed by atoms with van der Waals surface area (Å²) in [6.07, 6.45) is 1.73. The molecule has 0 aliphatic rings. The number of nitrogens with one attached hydrogen (secondary N) is 2. The predicted molar refractivity (Wildman–Crippen MR) is 117 cm³/mol. The summed E-state index contributed by atoms with van der Waals surface area (Å²) in [7, 11) is 4.97. The first-order valence-corrected chi connectivity index (χ1v) is 8.38. The van der Waals surface area contributed by atoms with E-state index in [0.29, 0.717) is 24.9 Å². The number of methoxy groups -OCH3 is 2. The molecule has 2 aromatic rings. The van der Waals surface area contributed by atoms with Crippen molar-refractivity contribution >= 4 is 29.9 Å². The van der Waals surface area contributed by atoms with Gasteiger partial charge in [0.2, 0.25) is 5.88 Å². The standard InChI is InChI=1S/C19H26N4O3.HI/c1-14(26-17-7-5-6-16(10-17)24-3)11-22-19(20-2)23-13-15-8-9-18(25-4)21-12-15;/h5-10,12,14H,11,13H2,1-4H3,(H2,20,22,23);1H. The fraction of sp³-hybridized carbons (Fsp3) is 0.368. The molecule has 0 saturated carbocycles. The Morgan fingerprint density at radius 2 is 1.89 bits per heavy atom. The van der Waals surface area contributed by atoms with Crippen molar-refractivity contribution in [2.24, 2.45) is 4.99 Å². The van der Waals surface area contributed by atoms with Crippen LogP contribution in [-0.4, -0.2) is 44.9 Å². The largest absolute Gasteiger partial charge is 0.497 e. The molecule has 0 saturated heterocycles. The first-order valence-electron chi connectivity index (χ1n) is 8.38. The van der Waals surface area contributed by atoms with E-state index in [2.05, 4.69) is 20.6 Å². The maximum atomic E-state index is 5.89. The van der Waals surface area contributed by atoms with Crippen molar-refractivity contribution in [3.8, 4) is 17.4 Å². The van der Waals surface area contributed by atoms with Crippen molar-refractivity contribution in [3.05, 3.63) is 48.2 Å². The van der Waals surface area contributed by atoms with Crippen LogP contribution >= 0.6 is 24.0 Å². The van der Waals surface area contributed by atoms with Gasteiger partial charge >= 0.3 is 0 Å². The second kappa shape index (κ2) is 12.2. The molecule has 1 heterocycles. The zero-order valence-electron chi connectivity index (χ0n) is 16.1. The van der Waals surface area contributed by atoms with Gasteiger partial charge in [-0.3, -0.25) is 4.99 Å². The Hall–Kier alpha value is -2.23. The molecule has 27 heavy (non-hydrogen) atoms. The summed E-state index contributed by atoms with van der Waals surface area (Å²) >= 11 is 0. The first-order chi connectivity index (χ1) is 12.6. The van der Waals surface area contributed by atoms with Crippen molar-refractivity contribution in [2.75, 3.05) is 27.8 Å². The minimum Gasteiger partial charge on any atom is -0.497 e. The lowest BCUT2D eigenvalue weighted by atomic mass is 10.3. The molecule has 0 bridgehead atoms. The summed E-state index contributed by atoms with van der Waals surface area (Å²) in [5.74, 6) is 2.83.